The van der Waals surface area contributed by atoms with Crippen LogP contribution in [0.4, 0.5) is 0 Å². The van der Waals surface area contributed by atoms with Gasteiger partial charge >= 0.3 is 5.97 Å². The van der Waals surface area contributed by atoms with E-state index in [1.54, 1.807) is 11.6 Å². The second kappa shape index (κ2) is 4.90. The molecule has 0 aliphatic carbocycles. The monoisotopic (exact) mass is 238 g/mol. The van der Waals surface area contributed by atoms with E-state index in [2.05, 4.69) is 25.9 Å². The lowest BCUT2D eigenvalue weighted by molar-refractivity contribution is -0.141. The van der Waals surface area contributed by atoms with Crippen molar-refractivity contribution in [1.29, 1.82) is 0 Å². The second-order valence-electron chi connectivity index (χ2n) is 5.70. The smallest absolute Gasteiger partial charge is 0.306 e. The molecule has 1 heterocycles. The molecule has 0 bridgehead atoms. The highest BCUT2D eigenvalue weighted by atomic mass is 16.4. The number of hydrogen-bond acceptors (Lipinski definition) is 2. The summed E-state index contributed by atoms with van der Waals surface area (Å²) in [5, 5.41) is 13.3. The molecule has 4 nitrogen and oxygen atoms in total. The van der Waals surface area contributed by atoms with Crippen LogP contribution in [0.15, 0.2) is 6.20 Å². The fraction of sp³-hybridized carbons (Fsp3) is 0.692. The summed E-state index contributed by atoms with van der Waals surface area (Å²) < 4.78 is 1.81. The van der Waals surface area contributed by atoms with E-state index in [0.717, 1.165) is 17.7 Å². The van der Waals surface area contributed by atoms with E-state index in [-0.39, 0.29) is 11.3 Å². The molecule has 0 aliphatic rings. The molecule has 1 N–H and O–H groups in total. The highest BCUT2D eigenvalue weighted by Gasteiger charge is 2.22. The van der Waals surface area contributed by atoms with Gasteiger partial charge in [0.1, 0.15) is 0 Å². The Morgan fingerprint density at radius 2 is 2.12 bits per heavy atom. The molecular formula is C13H22N2O2. The van der Waals surface area contributed by atoms with Crippen molar-refractivity contribution in [2.24, 2.45) is 13.0 Å². The van der Waals surface area contributed by atoms with Gasteiger partial charge in [0.15, 0.2) is 0 Å². The number of nitrogens with zero attached hydrogens (tertiary/aromatic N) is 2. The number of hydrogen-bond donors (Lipinski definition) is 1. The zero-order chi connectivity index (χ0) is 13.2. The molecule has 0 saturated heterocycles. The van der Waals surface area contributed by atoms with Crippen molar-refractivity contribution < 1.29 is 9.90 Å². The summed E-state index contributed by atoms with van der Waals surface area (Å²) in [6.07, 6.45) is 3.42. The Morgan fingerprint density at radius 3 is 2.59 bits per heavy atom. The number of carboxylic acids is 1. The van der Waals surface area contributed by atoms with Crippen LogP contribution in [-0.2, 0) is 23.7 Å². The molecule has 0 radical (unpaired) electrons. The van der Waals surface area contributed by atoms with E-state index in [0.29, 0.717) is 6.42 Å². The molecular weight excluding hydrogens is 216 g/mol. The zero-order valence-electron chi connectivity index (χ0n) is 11.3. The minimum Gasteiger partial charge on any atom is -0.481 e. The number of carboxylic acid groups (broad SMARTS) is 1. The molecule has 1 atom stereocenters. The van der Waals surface area contributed by atoms with Crippen LogP contribution in [0, 0.1) is 5.92 Å². The van der Waals surface area contributed by atoms with Gasteiger partial charge < -0.3 is 5.11 Å². The van der Waals surface area contributed by atoms with Gasteiger partial charge in [0, 0.05) is 18.7 Å². The third-order valence-electron chi connectivity index (χ3n) is 2.88. The maximum absolute atomic E-state index is 10.8. The normalized spacial score (nSPS) is 13.7. The van der Waals surface area contributed by atoms with Crippen LogP contribution >= 0.6 is 0 Å². The third kappa shape index (κ3) is 3.58. The van der Waals surface area contributed by atoms with E-state index < -0.39 is 5.97 Å². The van der Waals surface area contributed by atoms with Gasteiger partial charge in [-0.15, -0.1) is 0 Å². The second-order valence-corrected chi connectivity index (χ2v) is 5.70. The summed E-state index contributed by atoms with van der Waals surface area (Å²) >= 11 is 0. The van der Waals surface area contributed by atoms with Gasteiger partial charge in [0.05, 0.1) is 11.6 Å². The van der Waals surface area contributed by atoms with E-state index in [1.165, 1.54) is 0 Å². The van der Waals surface area contributed by atoms with Crippen LogP contribution in [0.5, 0.6) is 0 Å². The van der Waals surface area contributed by atoms with Crippen molar-refractivity contribution in [2.75, 3.05) is 0 Å². The molecule has 17 heavy (non-hydrogen) atoms. The molecule has 1 aromatic rings. The maximum Gasteiger partial charge on any atom is 0.306 e. The highest BCUT2D eigenvalue weighted by molar-refractivity contribution is 5.69. The van der Waals surface area contributed by atoms with Crippen LogP contribution in [0.2, 0.25) is 0 Å². The summed E-state index contributed by atoms with van der Waals surface area (Å²) in [4.78, 5) is 10.8. The molecule has 0 aromatic carbocycles. The summed E-state index contributed by atoms with van der Waals surface area (Å²) in [6, 6.07) is 0. The van der Waals surface area contributed by atoms with Gasteiger partial charge in [-0.3, -0.25) is 9.48 Å². The van der Waals surface area contributed by atoms with Crippen molar-refractivity contribution in [3.63, 3.8) is 0 Å². The minimum atomic E-state index is -0.730. The minimum absolute atomic E-state index is 0.00303. The van der Waals surface area contributed by atoms with Crippen LogP contribution in [0.3, 0.4) is 0 Å². The molecule has 96 valence electrons. The Morgan fingerprint density at radius 1 is 1.53 bits per heavy atom. The first-order valence-electron chi connectivity index (χ1n) is 5.97. The van der Waals surface area contributed by atoms with Gasteiger partial charge in [0.25, 0.3) is 0 Å². The standard InChI is InChI=1S/C13H22N2O2/c1-9(12(16)17)6-7-10-8-15(5)14-11(10)13(2,3)4/h8-9H,6-7H2,1-5H3,(H,16,17). The number of aryl methyl sites for hydroxylation is 2. The van der Waals surface area contributed by atoms with E-state index >= 15 is 0 Å². The Kier molecular flexibility index (Phi) is 3.96. The maximum atomic E-state index is 10.8. The summed E-state index contributed by atoms with van der Waals surface area (Å²) in [5.74, 6) is -1.03. The molecule has 0 spiro atoms. The number of carbonyl (C=O) groups is 1. The number of aliphatic carboxylic acids is 1. The quantitative estimate of drug-likeness (QED) is 0.876. The Bertz CT molecular complexity index is 402. The zero-order valence-corrected chi connectivity index (χ0v) is 11.3. The first-order valence-corrected chi connectivity index (χ1v) is 5.97. The van der Waals surface area contributed by atoms with Gasteiger partial charge in [-0.05, 0) is 18.4 Å². The van der Waals surface area contributed by atoms with E-state index in [4.69, 9.17) is 5.11 Å². The first-order chi connectivity index (χ1) is 7.71. The lowest BCUT2D eigenvalue weighted by Gasteiger charge is -2.17. The van der Waals surface area contributed by atoms with Crippen molar-refractivity contribution in [1.82, 2.24) is 9.78 Å². The number of aromatic nitrogens is 2. The largest absolute Gasteiger partial charge is 0.481 e. The summed E-state index contributed by atoms with van der Waals surface area (Å²) in [5.41, 5.74) is 2.23. The van der Waals surface area contributed by atoms with Gasteiger partial charge in [0.2, 0.25) is 0 Å². The van der Waals surface area contributed by atoms with Gasteiger partial charge in [-0.1, -0.05) is 27.7 Å². The molecule has 0 aliphatic heterocycles. The molecule has 0 amide bonds. The highest BCUT2D eigenvalue weighted by Crippen LogP contribution is 2.25. The Hall–Kier alpha value is -1.32. The van der Waals surface area contributed by atoms with Crippen molar-refractivity contribution in [3.8, 4) is 0 Å². The first kappa shape index (κ1) is 13.7. The molecule has 0 fully saturated rings. The number of rotatable bonds is 4. The molecule has 0 saturated carbocycles. The third-order valence-corrected chi connectivity index (χ3v) is 2.88. The van der Waals surface area contributed by atoms with Crippen molar-refractivity contribution in [3.05, 3.63) is 17.5 Å². The average Bonchev–Trinajstić information content (AvgIpc) is 2.55. The lowest BCUT2D eigenvalue weighted by atomic mass is 9.87. The molecule has 1 unspecified atom stereocenters. The predicted molar refractivity (Wildman–Crippen MR) is 67.0 cm³/mol. The van der Waals surface area contributed by atoms with Crippen LogP contribution < -0.4 is 0 Å². The fourth-order valence-electron chi connectivity index (χ4n) is 1.85. The molecule has 4 heteroatoms. The van der Waals surface area contributed by atoms with Gasteiger partial charge in [-0.2, -0.15) is 5.10 Å². The Balaban J connectivity index is 2.81. The van der Waals surface area contributed by atoms with Crippen molar-refractivity contribution >= 4 is 5.97 Å². The van der Waals surface area contributed by atoms with Crippen LogP contribution in [0.1, 0.15) is 45.4 Å². The van der Waals surface area contributed by atoms with E-state index in [9.17, 15) is 4.79 Å². The van der Waals surface area contributed by atoms with Gasteiger partial charge in [-0.25, -0.2) is 0 Å². The molecule has 1 aromatic heterocycles. The van der Waals surface area contributed by atoms with Crippen LogP contribution in [-0.4, -0.2) is 20.9 Å². The summed E-state index contributed by atoms with van der Waals surface area (Å²) in [7, 11) is 1.90. The SMILES string of the molecule is CC(CCc1cn(C)nc1C(C)(C)C)C(=O)O. The summed E-state index contributed by atoms with van der Waals surface area (Å²) in [6.45, 7) is 8.12. The fourth-order valence-corrected chi connectivity index (χ4v) is 1.85. The topological polar surface area (TPSA) is 55.1 Å². The lowest BCUT2D eigenvalue weighted by Crippen LogP contribution is -2.16. The van der Waals surface area contributed by atoms with Crippen molar-refractivity contribution in [2.45, 2.75) is 46.0 Å². The average molecular weight is 238 g/mol. The molecule has 1 rings (SSSR count). The van der Waals surface area contributed by atoms with Crippen LogP contribution in [0.25, 0.3) is 0 Å². The van der Waals surface area contributed by atoms with E-state index in [1.807, 2.05) is 13.2 Å². The Labute approximate surface area is 103 Å². The predicted octanol–water partition coefficient (Wildman–Crippen LogP) is 2.37.